The quantitative estimate of drug-likeness (QED) is 0.699. The van der Waals surface area contributed by atoms with Crippen molar-refractivity contribution in [3.8, 4) is 21.8 Å². The van der Waals surface area contributed by atoms with Crippen LogP contribution in [0, 0.1) is 6.92 Å². The van der Waals surface area contributed by atoms with Gasteiger partial charge in [0.05, 0.1) is 5.69 Å². The molecule has 0 aliphatic carbocycles. The Hall–Kier alpha value is -1.52. The lowest BCUT2D eigenvalue weighted by Gasteiger charge is -2.01. The number of thiazole rings is 1. The second-order valence-electron chi connectivity index (χ2n) is 5.19. The zero-order chi connectivity index (χ0) is 14.7. The van der Waals surface area contributed by atoms with E-state index in [2.05, 4.69) is 54.5 Å². The molecule has 2 aromatic heterocycles. The van der Waals surface area contributed by atoms with Crippen molar-refractivity contribution >= 4 is 11.3 Å². The van der Waals surface area contributed by atoms with Gasteiger partial charge < -0.3 is 17.0 Å². The Bertz CT molecular complexity index is 735. The average molecular weight is 374 g/mol. The highest BCUT2D eigenvalue weighted by atomic mass is 79.9. The van der Waals surface area contributed by atoms with Gasteiger partial charge in [0, 0.05) is 28.4 Å². The third-order valence-corrected chi connectivity index (χ3v) is 4.31. The molecule has 0 fully saturated rings. The van der Waals surface area contributed by atoms with E-state index in [0.717, 1.165) is 34.8 Å². The van der Waals surface area contributed by atoms with Gasteiger partial charge in [-0.1, -0.05) is 43.2 Å². The molecule has 2 heterocycles. The van der Waals surface area contributed by atoms with Crippen molar-refractivity contribution in [3.63, 3.8) is 0 Å². The van der Waals surface area contributed by atoms with Crippen molar-refractivity contribution in [2.75, 3.05) is 0 Å². The maximum atomic E-state index is 4.77. The number of pyridine rings is 1. The largest absolute Gasteiger partial charge is 1.00 e. The first kappa shape index (κ1) is 16.8. The van der Waals surface area contributed by atoms with E-state index in [-0.39, 0.29) is 17.0 Å². The van der Waals surface area contributed by atoms with Gasteiger partial charge in [-0.2, -0.15) is 0 Å². The van der Waals surface area contributed by atoms with E-state index < -0.39 is 0 Å². The van der Waals surface area contributed by atoms with Crippen molar-refractivity contribution in [2.24, 2.45) is 0 Å². The number of rotatable bonds is 4. The van der Waals surface area contributed by atoms with Gasteiger partial charge in [-0.15, -0.1) is 11.3 Å². The first-order chi connectivity index (χ1) is 10.3. The summed E-state index contributed by atoms with van der Waals surface area (Å²) in [5.74, 6) is 0. The Morgan fingerprint density at radius 3 is 2.55 bits per heavy atom. The number of aromatic nitrogens is 2. The van der Waals surface area contributed by atoms with Gasteiger partial charge in [0.1, 0.15) is 5.01 Å². The van der Waals surface area contributed by atoms with E-state index in [0.29, 0.717) is 0 Å². The van der Waals surface area contributed by atoms with Crippen molar-refractivity contribution in [1.82, 2.24) is 9.97 Å². The molecule has 0 aliphatic heterocycles. The minimum atomic E-state index is 0. The molecule has 0 atom stereocenters. The molecule has 0 radical (unpaired) electrons. The second kappa shape index (κ2) is 7.65. The molecular formula is C18H18BrN2S-. The summed E-state index contributed by atoms with van der Waals surface area (Å²) in [5, 5.41) is 3.19. The van der Waals surface area contributed by atoms with E-state index in [1.54, 1.807) is 11.3 Å². The van der Waals surface area contributed by atoms with E-state index in [4.69, 9.17) is 4.98 Å². The fourth-order valence-electron chi connectivity index (χ4n) is 2.27. The second-order valence-corrected chi connectivity index (χ2v) is 6.05. The SMILES string of the molecule is CCCc1cc(-c2nc(-c3ccc(C)cc3)cs2)ccn1.[Br-]. The van der Waals surface area contributed by atoms with Crippen molar-refractivity contribution in [1.29, 1.82) is 0 Å². The summed E-state index contributed by atoms with van der Waals surface area (Å²) in [5.41, 5.74) is 5.79. The lowest BCUT2D eigenvalue weighted by molar-refractivity contribution is -0.00000439. The first-order valence-corrected chi connectivity index (χ1v) is 8.12. The fourth-order valence-corrected chi connectivity index (χ4v) is 3.09. The maximum Gasteiger partial charge on any atom is 0.124 e. The third-order valence-electron chi connectivity index (χ3n) is 3.42. The van der Waals surface area contributed by atoms with Crippen LogP contribution in [0.1, 0.15) is 24.6 Å². The molecule has 0 unspecified atom stereocenters. The van der Waals surface area contributed by atoms with E-state index in [9.17, 15) is 0 Å². The topological polar surface area (TPSA) is 25.8 Å². The number of halogens is 1. The Morgan fingerprint density at radius 2 is 1.82 bits per heavy atom. The highest BCUT2D eigenvalue weighted by Crippen LogP contribution is 2.29. The number of hydrogen-bond acceptors (Lipinski definition) is 3. The monoisotopic (exact) mass is 373 g/mol. The molecule has 4 heteroatoms. The highest BCUT2D eigenvalue weighted by Gasteiger charge is 2.07. The van der Waals surface area contributed by atoms with Crippen LogP contribution in [0.2, 0.25) is 0 Å². The molecule has 1 aromatic carbocycles. The molecule has 0 saturated heterocycles. The van der Waals surface area contributed by atoms with Crippen LogP contribution in [0.15, 0.2) is 48.0 Å². The summed E-state index contributed by atoms with van der Waals surface area (Å²) in [4.78, 5) is 9.18. The molecule has 0 N–H and O–H groups in total. The predicted molar refractivity (Wildman–Crippen MR) is 89.5 cm³/mol. The lowest BCUT2D eigenvalue weighted by Crippen LogP contribution is -3.00. The van der Waals surface area contributed by atoms with Crippen molar-refractivity contribution in [2.45, 2.75) is 26.7 Å². The molecule has 0 bridgehead atoms. The summed E-state index contributed by atoms with van der Waals surface area (Å²) in [6, 6.07) is 12.7. The van der Waals surface area contributed by atoms with Crippen LogP contribution in [-0.2, 0) is 6.42 Å². The first-order valence-electron chi connectivity index (χ1n) is 7.24. The van der Waals surface area contributed by atoms with Crippen molar-refractivity contribution < 1.29 is 17.0 Å². The van der Waals surface area contributed by atoms with Crippen LogP contribution in [0.4, 0.5) is 0 Å². The fraction of sp³-hybridized carbons (Fsp3) is 0.222. The van der Waals surface area contributed by atoms with Gasteiger partial charge in [0.25, 0.3) is 0 Å². The van der Waals surface area contributed by atoms with Crippen LogP contribution in [0.25, 0.3) is 21.8 Å². The molecule has 0 amide bonds. The van der Waals surface area contributed by atoms with Crippen LogP contribution in [0.3, 0.4) is 0 Å². The molecular weight excluding hydrogens is 356 g/mol. The molecule has 22 heavy (non-hydrogen) atoms. The van der Waals surface area contributed by atoms with Gasteiger partial charge in [-0.3, -0.25) is 4.98 Å². The molecule has 2 nitrogen and oxygen atoms in total. The number of benzene rings is 1. The summed E-state index contributed by atoms with van der Waals surface area (Å²) in [6.45, 7) is 4.27. The Labute approximate surface area is 146 Å². The lowest BCUT2D eigenvalue weighted by atomic mass is 10.1. The van der Waals surface area contributed by atoms with Gasteiger partial charge in [0.15, 0.2) is 0 Å². The number of aryl methyl sites for hydroxylation is 2. The molecule has 0 aliphatic rings. The zero-order valence-corrected chi connectivity index (χ0v) is 15.1. The zero-order valence-electron chi connectivity index (χ0n) is 12.7. The van der Waals surface area contributed by atoms with Crippen LogP contribution in [-0.4, -0.2) is 9.97 Å². The van der Waals surface area contributed by atoms with Crippen molar-refractivity contribution in [3.05, 3.63) is 59.2 Å². The smallest absolute Gasteiger partial charge is 0.124 e. The molecule has 114 valence electrons. The Kier molecular flexibility index (Phi) is 5.86. The van der Waals surface area contributed by atoms with E-state index in [1.807, 2.05) is 12.3 Å². The van der Waals surface area contributed by atoms with E-state index >= 15 is 0 Å². The van der Waals surface area contributed by atoms with Crippen LogP contribution < -0.4 is 17.0 Å². The van der Waals surface area contributed by atoms with Crippen LogP contribution >= 0.6 is 11.3 Å². The standard InChI is InChI=1S/C18H18N2S.BrH/c1-3-4-16-11-15(9-10-19-16)18-20-17(12-21-18)14-7-5-13(2)6-8-14;/h5-12H,3-4H2,1-2H3;1H/p-1. The molecule has 0 spiro atoms. The summed E-state index contributed by atoms with van der Waals surface area (Å²) in [6.07, 6.45) is 4.01. The molecule has 3 aromatic rings. The third kappa shape index (κ3) is 3.81. The minimum Gasteiger partial charge on any atom is -1.00 e. The maximum absolute atomic E-state index is 4.77. The summed E-state index contributed by atoms with van der Waals surface area (Å²) < 4.78 is 0. The van der Waals surface area contributed by atoms with Gasteiger partial charge >= 0.3 is 0 Å². The molecule has 0 saturated carbocycles. The highest BCUT2D eigenvalue weighted by molar-refractivity contribution is 7.13. The normalized spacial score (nSPS) is 10.3. The van der Waals surface area contributed by atoms with Gasteiger partial charge in [-0.25, -0.2) is 4.98 Å². The molecule has 3 rings (SSSR count). The van der Waals surface area contributed by atoms with E-state index in [1.165, 1.54) is 11.1 Å². The minimum absolute atomic E-state index is 0. The Morgan fingerprint density at radius 1 is 1.05 bits per heavy atom. The summed E-state index contributed by atoms with van der Waals surface area (Å²) in [7, 11) is 0. The van der Waals surface area contributed by atoms with Gasteiger partial charge in [0.2, 0.25) is 0 Å². The van der Waals surface area contributed by atoms with Gasteiger partial charge in [-0.05, 0) is 25.5 Å². The average Bonchev–Trinajstić information content (AvgIpc) is 2.98. The predicted octanol–water partition coefficient (Wildman–Crippen LogP) is 2.14. The van der Waals surface area contributed by atoms with Crippen LogP contribution in [0.5, 0.6) is 0 Å². The Balaban J connectivity index is 0.00000176. The number of hydrogen-bond donors (Lipinski definition) is 0. The summed E-state index contributed by atoms with van der Waals surface area (Å²) >= 11 is 1.69. The number of nitrogens with zero attached hydrogens (tertiary/aromatic N) is 2.